The van der Waals surface area contributed by atoms with E-state index in [0.717, 1.165) is 66.9 Å². The van der Waals surface area contributed by atoms with Gasteiger partial charge in [0.05, 0.1) is 5.56 Å². The van der Waals surface area contributed by atoms with Gasteiger partial charge in [0.2, 0.25) is 5.91 Å². The van der Waals surface area contributed by atoms with E-state index in [2.05, 4.69) is 22.2 Å². The van der Waals surface area contributed by atoms with Gasteiger partial charge in [0, 0.05) is 31.7 Å². The molecule has 1 fully saturated rings. The van der Waals surface area contributed by atoms with Crippen molar-refractivity contribution in [2.75, 3.05) is 38.5 Å². The molecule has 4 rings (SSSR count). The van der Waals surface area contributed by atoms with Crippen molar-refractivity contribution in [3.8, 4) is 11.5 Å². The van der Waals surface area contributed by atoms with Crippen molar-refractivity contribution >= 4 is 23.1 Å². The van der Waals surface area contributed by atoms with Crippen LogP contribution in [0.3, 0.4) is 0 Å². The van der Waals surface area contributed by atoms with Crippen LogP contribution in [0, 0.1) is 0 Å². The highest BCUT2D eigenvalue weighted by Crippen LogP contribution is 2.39. The van der Waals surface area contributed by atoms with Crippen LogP contribution in [0.1, 0.15) is 25.3 Å². The highest BCUT2D eigenvalue weighted by molar-refractivity contribution is 6.05. The summed E-state index contributed by atoms with van der Waals surface area (Å²) >= 11 is 0. The van der Waals surface area contributed by atoms with E-state index in [1.165, 1.54) is 0 Å². The monoisotopic (exact) mass is 378 g/mol. The van der Waals surface area contributed by atoms with E-state index in [-0.39, 0.29) is 5.91 Å². The number of aliphatic imine (C=N–C) groups is 1. The second kappa shape index (κ2) is 8.02. The van der Waals surface area contributed by atoms with Gasteiger partial charge in [-0.05, 0) is 50.3 Å². The minimum atomic E-state index is -0.00679. The van der Waals surface area contributed by atoms with E-state index in [0.29, 0.717) is 6.42 Å². The third-order valence-electron chi connectivity index (χ3n) is 5.16. The predicted molar refractivity (Wildman–Crippen MR) is 112 cm³/mol. The van der Waals surface area contributed by atoms with Gasteiger partial charge >= 0.3 is 0 Å². The number of para-hydroxylation sites is 2. The van der Waals surface area contributed by atoms with E-state index in [1.807, 2.05) is 49.4 Å². The first kappa shape index (κ1) is 18.5. The highest BCUT2D eigenvalue weighted by atomic mass is 16.5. The van der Waals surface area contributed by atoms with Crippen molar-refractivity contribution in [3.05, 3.63) is 48.0 Å². The number of nitrogens with zero attached hydrogens (tertiary/aromatic N) is 3. The molecule has 2 aromatic rings. The number of likely N-dealkylation sites (N-methyl/N-ethyl adjacent to an activating group) is 1. The van der Waals surface area contributed by atoms with Crippen molar-refractivity contribution in [3.63, 3.8) is 0 Å². The first-order valence-corrected chi connectivity index (χ1v) is 9.87. The summed E-state index contributed by atoms with van der Waals surface area (Å²) < 4.78 is 6.20. The predicted octanol–water partition coefficient (Wildman–Crippen LogP) is 3.86. The molecule has 0 bridgehead atoms. The molecule has 0 unspecified atom stereocenters. The van der Waals surface area contributed by atoms with Gasteiger partial charge in [-0.1, -0.05) is 19.1 Å². The fourth-order valence-electron chi connectivity index (χ4n) is 3.55. The summed E-state index contributed by atoms with van der Waals surface area (Å²) in [5, 5.41) is 2.95. The number of rotatable bonds is 2. The minimum Gasteiger partial charge on any atom is -0.454 e. The maximum absolute atomic E-state index is 11.9. The Kier molecular flexibility index (Phi) is 5.30. The van der Waals surface area contributed by atoms with Crippen LogP contribution in [-0.2, 0) is 4.79 Å². The standard InChI is InChI=1S/C22H26N4O2/c1-3-21(27)23-16-9-10-19-17(15-16)22(26-12-6-11-25(2)13-14-26)24-18-7-4-5-8-20(18)28-19/h4-5,7-10,15H,3,6,11-14H2,1-2H3,(H,23,27). The fraction of sp³-hybridized carbons (Fsp3) is 0.364. The molecule has 6 nitrogen and oxygen atoms in total. The minimum absolute atomic E-state index is 0.00679. The summed E-state index contributed by atoms with van der Waals surface area (Å²) in [6, 6.07) is 13.6. The van der Waals surface area contributed by atoms with Gasteiger partial charge < -0.3 is 19.9 Å². The maximum atomic E-state index is 11.9. The first-order chi connectivity index (χ1) is 13.6. The molecule has 0 spiro atoms. The van der Waals surface area contributed by atoms with Crippen molar-refractivity contribution < 1.29 is 9.53 Å². The number of fused-ring (bicyclic) bond motifs is 2. The normalized spacial score (nSPS) is 16.8. The molecule has 2 aliphatic rings. The smallest absolute Gasteiger partial charge is 0.224 e. The third kappa shape index (κ3) is 3.87. The molecule has 0 aromatic heterocycles. The number of hydrogen-bond acceptors (Lipinski definition) is 5. The number of amides is 1. The Morgan fingerprint density at radius 2 is 1.96 bits per heavy atom. The maximum Gasteiger partial charge on any atom is 0.224 e. The second-order valence-corrected chi connectivity index (χ2v) is 7.26. The number of amidine groups is 1. The van der Waals surface area contributed by atoms with E-state index in [4.69, 9.17) is 9.73 Å². The Labute approximate surface area is 165 Å². The van der Waals surface area contributed by atoms with Gasteiger partial charge in [0.1, 0.15) is 17.3 Å². The second-order valence-electron chi connectivity index (χ2n) is 7.26. The number of anilines is 1. The van der Waals surface area contributed by atoms with Gasteiger partial charge in [0.25, 0.3) is 0 Å². The number of benzene rings is 2. The zero-order valence-electron chi connectivity index (χ0n) is 16.4. The van der Waals surface area contributed by atoms with E-state index in [1.54, 1.807) is 0 Å². The molecule has 1 saturated heterocycles. The Hall–Kier alpha value is -2.86. The molecule has 6 heteroatoms. The molecule has 0 atom stereocenters. The number of carbonyl (C=O) groups excluding carboxylic acids is 1. The summed E-state index contributed by atoms with van der Waals surface area (Å²) in [5.41, 5.74) is 2.50. The molecule has 1 N–H and O–H groups in total. The Morgan fingerprint density at radius 3 is 2.82 bits per heavy atom. The Morgan fingerprint density at radius 1 is 1.11 bits per heavy atom. The molecule has 1 amide bonds. The van der Waals surface area contributed by atoms with Crippen molar-refractivity contribution in [2.24, 2.45) is 4.99 Å². The Bertz CT molecular complexity index is 909. The largest absolute Gasteiger partial charge is 0.454 e. The number of nitrogens with one attached hydrogen (secondary N) is 1. The van der Waals surface area contributed by atoms with Crippen LogP contribution in [0.4, 0.5) is 11.4 Å². The van der Waals surface area contributed by atoms with Crippen LogP contribution in [-0.4, -0.2) is 54.8 Å². The molecule has 28 heavy (non-hydrogen) atoms. The van der Waals surface area contributed by atoms with Crippen LogP contribution in [0.25, 0.3) is 0 Å². The topological polar surface area (TPSA) is 57.2 Å². The summed E-state index contributed by atoms with van der Waals surface area (Å²) in [6.45, 7) is 5.76. The summed E-state index contributed by atoms with van der Waals surface area (Å²) in [5.74, 6) is 2.40. The van der Waals surface area contributed by atoms with Crippen LogP contribution < -0.4 is 10.1 Å². The van der Waals surface area contributed by atoms with Gasteiger partial charge in [-0.25, -0.2) is 4.99 Å². The number of ether oxygens (including phenoxy) is 1. The molecular formula is C22H26N4O2. The molecule has 2 aliphatic heterocycles. The summed E-state index contributed by atoms with van der Waals surface area (Å²) in [4.78, 5) is 21.5. The Balaban J connectivity index is 1.78. The average Bonchev–Trinajstić information content (AvgIpc) is 3.01. The van der Waals surface area contributed by atoms with E-state index < -0.39 is 0 Å². The molecule has 2 aromatic carbocycles. The quantitative estimate of drug-likeness (QED) is 0.862. The van der Waals surface area contributed by atoms with Crippen LogP contribution in [0.5, 0.6) is 11.5 Å². The summed E-state index contributed by atoms with van der Waals surface area (Å²) in [6.07, 6.45) is 1.53. The summed E-state index contributed by atoms with van der Waals surface area (Å²) in [7, 11) is 2.16. The average molecular weight is 378 g/mol. The van der Waals surface area contributed by atoms with Crippen molar-refractivity contribution in [1.29, 1.82) is 0 Å². The molecule has 146 valence electrons. The van der Waals surface area contributed by atoms with Crippen LogP contribution >= 0.6 is 0 Å². The van der Waals surface area contributed by atoms with Gasteiger partial charge in [-0.3, -0.25) is 4.79 Å². The lowest BCUT2D eigenvalue weighted by Gasteiger charge is -2.25. The first-order valence-electron chi connectivity index (χ1n) is 9.87. The highest BCUT2D eigenvalue weighted by Gasteiger charge is 2.24. The molecule has 0 aliphatic carbocycles. The number of hydrogen-bond donors (Lipinski definition) is 1. The van der Waals surface area contributed by atoms with Gasteiger partial charge in [-0.15, -0.1) is 0 Å². The zero-order valence-corrected chi connectivity index (χ0v) is 16.4. The zero-order chi connectivity index (χ0) is 19.5. The molecule has 2 heterocycles. The lowest BCUT2D eigenvalue weighted by molar-refractivity contribution is -0.115. The van der Waals surface area contributed by atoms with E-state index >= 15 is 0 Å². The molecular weight excluding hydrogens is 352 g/mol. The van der Waals surface area contributed by atoms with Crippen LogP contribution in [0.15, 0.2) is 47.5 Å². The van der Waals surface area contributed by atoms with E-state index in [9.17, 15) is 4.79 Å². The van der Waals surface area contributed by atoms with Gasteiger partial charge in [0.15, 0.2) is 5.75 Å². The van der Waals surface area contributed by atoms with Crippen molar-refractivity contribution in [2.45, 2.75) is 19.8 Å². The van der Waals surface area contributed by atoms with Gasteiger partial charge in [-0.2, -0.15) is 0 Å². The lowest BCUT2D eigenvalue weighted by Crippen LogP contribution is -2.35. The SMILES string of the molecule is CCC(=O)Nc1ccc2c(c1)C(N1CCCN(C)CC1)=Nc1ccccc1O2. The lowest BCUT2D eigenvalue weighted by atomic mass is 10.1. The molecule has 0 radical (unpaired) electrons. The fourth-order valence-corrected chi connectivity index (χ4v) is 3.55. The van der Waals surface area contributed by atoms with Crippen molar-refractivity contribution in [1.82, 2.24) is 9.80 Å². The number of carbonyl (C=O) groups is 1. The third-order valence-corrected chi connectivity index (χ3v) is 5.16. The van der Waals surface area contributed by atoms with Crippen LogP contribution in [0.2, 0.25) is 0 Å². The molecule has 0 saturated carbocycles.